The van der Waals surface area contributed by atoms with E-state index in [4.69, 9.17) is 10.7 Å². The van der Waals surface area contributed by atoms with Crippen molar-refractivity contribution in [3.8, 4) is 11.5 Å². The maximum absolute atomic E-state index is 13.1. The van der Waals surface area contributed by atoms with Crippen LogP contribution >= 0.6 is 10.7 Å². The maximum atomic E-state index is 13.1. The molecule has 1 rings (SSSR count). The first-order valence-corrected chi connectivity index (χ1v) is 6.79. The summed E-state index contributed by atoms with van der Waals surface area (Å²) in [6.07, 6.45) is 0.0794. The molecule has 0 unspecified atom stereocenters. The van der Waals surface area contributed by atoms with Crippen LogP contribution in [0.15, 0.2) is 12.1 Å². The molecule has 7 heteroatoms. The summed E-state index contributed by atoms with van der Waals surface area (Å²) < 4.78 is 39.2. The van der Waals surface area contributed by atoms with Gasteiger partial charge in [0.25, 0.3) is 0 Å². The molecular formula is C9H10ClFO4S. The molecule has 0 saturated heterocycles. The number of methoxy groups -OCH3 is 1. The van der Waals surface area contributed by atoms with Gasteiger partial charge in [0.1, 0.15) is 0 Å². The number of hydrogen-bond acceptors (Lipinski definition) is 4. The van der Waals surface area contributed by atoms with Gasteiger partial charge < -0.3 is 9.84 Å². The molecular weight excluding hydrogens is 259 g/mol. The molecule has 1 aromatic rings. The topological polar surface area (TPSA) is 63.6 Å². The zero-order chi connectivity index (χ0) is 12.3. The largest absolute Gasteiger partial charge is 0.505 e. The molecule has 0 heterocycles. The summed E-state index contributed by atoms with van der Waals surface area (Å²) in [5, 5.41) is 9.20. The van der Waals surface area contributed by atoms with E-state index in [1.165, 1.54) is 13.2 Å². The van der Waals surface area contributed by atoms with Gasteiger partial charge in [-0.05, 0) is 24.1 Å². The number of rotatable bonds is 4. The van der Waals surface area contributed by atoms with E-state index in [9.17, 15) is 17.9 Å². The van der Waals surface area contributed by atoms with Crippen LogP contribution in [-0.4, -0.2) is 26.4 Å². The highest BCUT2D eigenvalue weighted by molar-refractivity contribution is 8.13. The second-order valence-electron chi connectivity index (χ2n) is 3.12. The van der Waals surface area contributed by atoms with Gasteiger partial charge in [-0.15, -0.1) is 0 Å². The minimum atomic E-state index is -3.61. The Bertz CT molecular complexity index is 487. The highest BCUT2D eigenvalue weighted by Crippen LogP contribution is 2.27. The second-order valence-corrected chi connectivity index (χ2v) is 6.02. The van der Waals surface area contributed by atoms with E-state index in [0.29, 0.717) is 5.56 Å². The summed E-state index contributed by atoms with van der Waals surface area (Å²) in [5.74, 6) is -1.88. The van der Waals surface area contributed by atoms with E-state index in [2.05, 4.69) is 4.74 Å². The number of halogens is 2. The van der Waals surface area contributed by atoms with Crippen LogP contribution in [0.5, 0.6) is 11.5 Å². The van der Waals surface area contributed by atoms with Crippen molar-refractivity contribution >= 4 is 19.7 Å². The molecule has 0 amide bonds. The molecule has 0 fully saturated rings. The number of phenolic OH excluding ortho intramolecular Hbond substituents is 1. The second kappa shape index (κ2) is 4.88. The SMILES string of the molecule is COc1cc(CCS(=O)(=O)Cl)cc(O)c1F. The predicted molar refractivity (Wildman–Crippen MR) is 58.0 cm³/mol. The summed E-state index contributed by atoms with van der Waals surface area (Å²) in [6, 6.07) is 2.46. The van der Waals surface area contributed by atoms with Crippen LogP contribution in [0.3, 0.4) is 0 Å². The molecule has 0 bridgehead atoms. The fraction of sp³-hybridized carbons (Fsp3) is 0.333. The van der Waals surface area contributed by atoms with Crippen molar-refractivity contribution in [2.45, 2.75) is 6.42 Å². The van der Waals surface area contributed by atoms with Crippen LogP contribution in [0.1, 0.15) is 5.56 Å². The van der Waals surface area contributed by atoms with E-state index in [1.54, 1.807) is 0 Å². The lowest BCUT2D eigenvalue weighted by Crippen LogP contribution is -2.02. The number of benzene rings is 1. The Morgan fingerprint density at radius 1 is 1.50 bits per heavy atom. The molecule has 4 nitrogen and oxygen atoms in total. The summed E-state index contributed by atoms with van der Waals surface area (Å²) >= 11 is 0. The van der Waals surface area contributed by atoms with Crippen molar-refractivity contribution in [2.24, 2.45) is 0 Å². The molecule has 0 aromatic heterocycles. The number of phenols is 1. The van der Waals surface area contributed by atoms with Gasteiger partial charge in [-0.2, -0.15) is 4.39 Å². The zero-order valence-corrected chi connectivity index (χ0v) is 9.98. The molecule has 0 atom stereocenters. The van der Waals surface area contributed by atoms with Crippen LogP contribution in [-0.2, 0) is 15.5 Å². The van der Waals surface area contributed by atoms with Crippen molar-refractivity contribution < 1.29 is 22.7 Å². The Hall–Kier alpha value is -1.01. The molecule has 0 aliphatic rings. The number of ether oxygens (including phenoxy) is 1. The molecule has 0 spiro atoms. The first-order valence-electron chi connectivity index (χ1n) is 4.31. The summed E-state index contributed by atoms with van der Waals surface area (Å²) in [7, 11) is 2.67. The van der Waals surface area contributed by atoms with Gasteiger partial charge in [0, 0.05) is 10.7 Å². The Morgan fingerprint density at radius 2 is 2.12 bits per heavy atom. The molecule has 0 radical (unpaired) electrons. The average molecular weight is 269 g/mol. The Morgan fingerprint density at radius 3 is 2.62 bits per heavy atom. The fourth-order valence-electron chi connectivity index (χ4n) is 1.17. The van der Waals surface area contributed by atoms with Crippen LogP contribution in [0.2, 0.25) is 0 Å². The number of aromatic hydroxyl groups is 1. The van der Waals surface area contributed by atoms with Gasteiger partial charge >= 0.3 is 0 Å². The predicted octanol–water partition coefficient (Wildman–Crippen LogP) is 1.65. The maximum Gasteiger partial charge on any atom is 0.232 e. The van der Waals surface area contributed by atoms with E-state index in [-0.39, 0.29) is 17.9 Å². The zero-order valence-electron chi connectivity index (χ0n) is 8.41. The van der Waals surface area contributed by atoms with Crippen LogP contribution in [0.4, 0.5) is 4.39 Å². The third-order valence-corrected chi connectivity index (χ3v) is 3.09. The van der Waals surface area contributed by atoms with Crippen molar-refractivity contribution in [1.82, 2.24) is 0 Å². The lowest BCUT2D eigenvalue weighted by Gasteiger charge is -2.06. The third-order valence-electron chi connectivity index (χ3n) is 1.93. The quantitative estimate of drug-likeness (QED) is 0.844. The van der Waals surface area contributed by atoms with E-state index < -0.39 is 20.6 Å². The Balaban J connectivity index is 2.94. The molecule has 1 N–H and O–H groups in total. The molecule has 90 valence electrons. The smallest absolute Gasteiger partial charge is 0.232 e. The third kappa shape index (κ3) is 3.53. The first-order chi connectivity index (χ1) is 7.33. The van der Waals surface area contributed by atoms with Crippen molar-refractivity contribution in [3.63, 3.8) is 0 Å². The lowest BCUT2D eigenvalue weighted by molar-refractivity contribution is 0.363. The van der Waals surface area contributed by atoms with Gasteiger partial charge in [-0.25, -0.2) is 8.42 Å². The summed E-state index contributed by atoms with van der Waals surface area (Å²) in [4.78, 5) is 0. The van der Waals surface area contributed by atoms with Gasteiger partial charge in [0.2, 0.25) is 14.9 Å². The first kappa shape index (κ1) is 13.1. The van der Waals surface area contributed by atoms with Gasteiger partial charge in [0.05, 0.1) is 12.9 Å². The lowest BCUT2D eigenvalue weighted by atomic mass is 10.1. The van der Waals surface area contributed by atoms with Gasteiger partial charge in [-0.3, -0.25) is 0 Å². The number of aryl methyl sites for hydroxylation is 1. The Kier molecular flexibility index (Phi) is 3.98. The van der Waals surface area contributed by atoms with E-state index in [0.717, 1.165) is 6.07 Å². The van der Waals surface area contributed by atoms with Crippen molar-refractivity contribution in [3.05, 3.63) is 23.5 Å². The molecule has 0 saturated carbocycles. The minimum absolute atomic E-state index is 0.0794. The molecule has 0 aliphatic heterocycles. The van der Waals surface area contributed by atoms with Crippen molar-refractivity contribution in [2.75, 3.05) is 12.9 Å². The monoisotopic (exact) mass is 268 g/mol. The highest BCUT2D eigenvalue weighted by Gasteiger charge is 2.12. The summed E-state index contributed by atoms with van der Waals surface area (Å²) in [5.41, 5.74) is 0.431. The van der Waals surface area contributed by atoms with Crippen LogP contribution in [0.25, 0.3) is 0 Å². The van der Waals surface area contributed by atoms with Crippen molar-refractivity contribution in [1.29, 1.82) is 0 Å². The van der Waals surface area contributed by atoms with Gasteiger partial charge in [-0.1, -0.05) is 0 Å². The fourth-order valence-corrected chi connectivity index (χ4v) is 1.88. The average Bonchev–Trinajstić information content (AvgIpc) is 2.18. The number of hydrogen-bond donors (Lipinski definition) is 1. The van der Waals surface area contributed by atoms with Crippen LogP contribution in [0, 0.1) is 5.82 Å². The standard InChI is InChI=1S/C9H10ClFO4S/c1-15-8-5-6(2-3-16(10,13)14)4-7(12)9(8)11/h4-5,12H,2-3H2,1H3. The molecule has 16 heavy (non-hydrogen) atoms. The minimum Gasteiger partial charge on any atom is -0.505 e. The van der Waals surface area contributed by atoms with E-state index >= 15 is 0 Å². The van der Waals surface area contributed by atoms with Gasteiger partial charge in [0.15, 0.2) is 11.5 Å². The Labute approximate surface area is 97.0 Å². The normalized spacial score (nSPS) is 11.4. The van der Waals surface area contributed by atoms with Crippen LogP contribution < -0.4 is 4.74 Å². The summed E-state index contributed by atoms with van der Waals surface area (Å²) in [6.45, 7) is 0. The molecule has 0 aliphatic carbocycles. The van der Waals surface area contributed by atoms with E-state index in [1.807, 2.05) is 0 Å². The highest BCUT2D eigenvalue weighted by atomic mass is 35.7. The molecule has 1 aromatic carbocycles.